The van der Waals surface area contributed by atoms with Crippen LogP contribution in [0.25, 0.3) is 0 Å². The molecule has 0 aliphatic carbocycles. The summed E-state index contributed by atoms with van der Waals surface area (Å²) < 4.78 is 1.65. The summed E-state index contributed by atoms with van der Waals surface area (Å²) in [4.78, 5) is 10.6. The Labute approximate surface area is 100 Å². The van der Waals surface area contributed by atoms with Gasteiger partial charge in [-0.25, -0.2) is 0 Å². The molecule has 0 saturated heterocycles. The molecule has 1 N–H and O–H groups in total. The molecule has 1 aromatic rings. The van der Waals surface area contributed by atoms with Crippen LogP contribution in [0.3, 0.4) is 0 Å². The highest BCUT2D eigenvalue weighted by atomic mass is 16.6. The van der Waals surface area contributed by atoms with Crippen LogP contribution < -0.4 is 0 Å². The first kappa shape index (κ1) is 13.6. The lowest BCUT2D eigenvalue weighted by molar-refractivity contribution is -0.386. The lowest BCUT2D eigenvalue weighted by Crippen LogP contribution is -2.14. The maximum Gasteiger partial charge on any atom is 0.313 e. The summed E-state index contributed by atoms with van der Waals surface area (Å²) in [5, 5.41) is 24.8. The fourth-order valence-electron chi connectivity index (χ4n) is 1.82. The molecule has 1 heterocycles. The molecule has 1 rings (SSSR count). The van der Waals surface area contributed by atoms with Crippen LogP contribution in [0.5, 0.6) is 0 Å². The second-order valence-electron chi connectivity index (χ2n) is 4.13. The molecule has 0 fully saturated rings. The second kappa shape index (κ2) is 5.77. The van der Waals surface area contributed by atoms with Crippen LogP contribution >= 0.6 is 0 Å². The minimum Gasteiger partial charge on any atom is -0.393 e. The topological polar surface area (TPSA) is 81.2 Å². The van der Waals surface area contributed by atoms with E-state index < -0.39 is 11.0 Å². The van der Waals surface area contributed by atoms with Gasteiger partial charge in [0.2, 0.25) is 0 Å². The van der Waals surface area contributed by atoms with Crippen molar-refractivity contribution in [3.8, 4) is 0 Å². The largest absolute Gasteiger partial charge is 0.393 e. The van der Waals surface area contributed by atoms with Crippen LogP contribution in [-0.2, 0) is 13.0 Å². The monoisotopic (exact) mass is 241 g/mol. The normalized spacial score (nSPS) is 12.7. The molecule has 0 aliphatic rings. The summed E-state index contributed by atoms with van der Waals surface area (Å²) in [6.45, 7) is 6.11. The highest BCUT2D eigenvalue weighted by Crippen LogP contribution is 2.25. The van der Waals surface area contributed by atoms with Gasteiger partial charge in [0.05, 0.1) is 11.0 Å². The first-order valence-corrected chi connectivity index (χ1v) is 5.89. The fraction of sp³-hybridized carbons (Fsp3) is 0.727. The van der Waals surface area contributed by atoms with Crippen molar-refractivity contribution in [3.05, 3.63) is 21.5 Å². The van der Waals surface area contributed by atoms with E-state index in [9.17, 15) is 15.2 Å². The Morgan fingerprint density at radius 1 is 1.53 bits per heavy atom. The lowest BCUT2D eigenvalue weighted by Gasteiger charge is -2.09. The number of nitrogens with zero attached hydrogens (tertiary/aromatic N) is 3. The summed E-state index contributed by atoms with van der Waals surface area (Å²) in [6.07, 6.45) is 1.16. The Hall–Kier alpha value is -1.43. The van der Waals surface area contributed by atoms with E-state index in [2.05, 4.69) is 5.10 Å². The number of aryl methyl sites for hydroxylation is 2. The average Bonchev–Trinajstić information content (AvgIpc) is 2.55. The van der Waals surface area contributed by atoms with Crippen molar-refractivity contribution < 1.29 is 10.0 Å². The molecule has 1 atom stereocenters. The first-order valence-electron chi connectivity index (χ1n) is 5.89. The van der Waals surface area contributed by atoms with Crippen molar-refractivity contribution >= 4 is 5.69 Å². The molecule has 1 unspecified atom stereocenters. The SMILES string of the molecule is CCCn1nc(C)c([N+](=O)[O-])c1CC(O)CC. The van der Waals surface area contributed by atoms with Crippen molar-refractivity contribution in [3.63, 3.8) is 0 Å². The van der Waals surface area contributed by atoms with E-state index in [1.165, 1.54) is 0 Å². The molecular formula is C11H19N3O3. The molecule has 0 bridgehead atoms. The molecule has 0 radical (unpaired) electrons. The Morgan fingerprint density at radius 2 is 2.18 bits per heavy atom. The molecule has 6 heteroatoms. The molecule has 1 aromatic heterocycles. The molecule has 0 saturated carbocycles. The predicted octanol–water partition coefficient (Wildman–Crippen LogP) is 1.82. The molecule has 96 valence electrons. The summed E-state index contributed by atoms with van der Waals surface area (Å²) >= 11 is 0. The maximum absolute atomic E-state index is 11.0. The Bertz CT molecular complexity index is 401. The van der Waals surface area contributed by atoms with E-state index in [0.717, 1.165) is 6.42 Å². The molecule has 0 aliphatic heterocycles. The van der Waals surface area contributed by atoms with E-state index in [4.69, 9.17) is 0 Å². The molecule has 0 amide bonds. The third kappa shape index (κ3) is 3.03. The van der Waals surface area contributed by atoms with Gasteiger partial charge in [0.1, 0.15) is 11.4 Å². The summed E-state index contributed by atoms with van der Waals surface area (Å²) in [7, 11) is 0. The van der Waals surface area contributed by atoms with Crippen LogP contribution in [0.15, 0.2) is 0 Å². The van der Waals surface area contributed by atoms with Gasteiger partial charge in [-0.15, -0.1) is 0 Å². The van der Waals surface area contributed by atoms with Gasteiger partial charge in [0.15, 0.2) is 0 Å². The van der Waals surface area contributed by atoms with Gasteiger partial charge < -0.3 is 5.11 Å². The van der Waals surface area contributed by atoms with E-state index in [1.54, 1.807) is 11.6 Å². The fourth-order valence-corrected chi connectivity index (χ4v) is 1.82. The Balaban J connectivity index is 3.15. The van der Waals surface area contributed by atoms with Crippen molar-refractivity contribution in [2.24, 2.45) is 0 Å². The zero-order chi connectivity index (χ0) is 13.0. The van der Waals surface area contributed by atoms with Crippen LogP contribution in [0, 0.1) is 17.0 Å². The van der Waals surface area contributed by atoms with Crippen molar-refractivity contribution in [2.75, 3.05) is 0 Å². The molecule has 6 nitrogen and oxygen atoms in total. The number of aliphatic hydroxyl groups is 1. The van der Waals surface area contributed by atoms with E-state index >= 15 is 0 Å². The minimum absolute atomic E-state index is 0.0472. The minimum atomic E-state index is -0.555. The van der Waals surface area contributed by atoms with Crippen molar-refractivity contribution in [1.29, 1.82) is 0 Å². The molecular weight excluding hydrogens is 222 g/mol. The van der Waals surface area contributed by atoms with Gasteiger partial charge in [-0.05, 0) is 19.8 Å². The standard InChI is InChI=1S/C11H19N3O3/c1-4-6-13-10(7-9(15)5-2)11(14(16)17)8(3)12-13/h9,15H,4-7H2,1-3H3. The van der Waals surface area contributed by atoms with Crippen LogP contribution in [0.1, 0.15) is 38.1 Å². The van der Waals surface area contributed by atoms with Gasteiger partial charge in [-0.2, -0.15) is 5.10 Å². The van der Waals surface area contributed by atoms with E-state index in [1.807, 2.05) is 13.8 Å². The van der Waals surface area contributed by atoms with Gasteiger partial charge in [-0.1, -0.05) is 13.8 Å². The highest BCUT2D eigenvalue weighted by Gasteiger charge is 2.26. The van der Waals surface area contributed by atoms with Gasteiger partial charge >= 0.3 is 5.69 Å². The van der Waals surface area contributed by atoms with E-state index in [-0.39, 0.29) is 12.1 Å². The third-order valence-electron chi connectivity index (χ3n) is 2.72. The van der Waals surface area contributed by atoms with Crippen molar-refractivity contribution in [2.45, 2.75) is 52.7 Å². The molecule has 17 heavy (non-hydrogen) atoms. The number of rotatable bonds is 6. The predicted molar refractivity (Wildman–Crippen MR) is 63.9 cm³/mol. The second-order valence-corrected chi connectivity index (χ2v) is 4.13. The Kier molecular flexibility index (Phi) is 4.62. The zero-order valence-corrected chi connectivity index (χ0v) is 10.5. The average molecular weight is 241 g/mol. The van der Waals surface area contributed by atoms with E-state index in [0.29, 0.717) is 24.4 Å². The van der Waals surface area contributed by atoms with Gasteiger partial charge in [0, 0.05) is 13.0 Å². The smallest absolute Gasteiger partial charge is 0.313 e. The third-order valence-corrected chi connectivity index (χ3v) is 2.72. The first-order chi connectivity index (χ1) is 8.01. The summed E-state index contributed by atoms with van der Waals surface area (Å²) in [6, 6.07) is 0. The number of aromatic nitrogens is 2. The summed E-state index contributed by atoms with van der Waals surface area (Å²) in [5.41, 5.74) is 0.997. The highest BCUT2D eigenvalue weighted by molar-refractivity contribution is 5.40. The quantitative estimate of drug-likeness (QED) is 0.608. The number of aliphatic hydroxyl groups excluding tert-OH is 1. The van der Waals surface area contributed by atoms with Crippen LogP contribution in [0.4, 0.5) is 5.69 Å². The molecule has 0 spiro atoms. The van der Waals surface area contributed by atoms with Gasteiger partial charge in [0.25, 0.3) is 0 Å². The zero-order valence-electron chi connectivity index (χ0n) is 10.5. The Morgan fingerprint density at radius 3 is 2.65 bits per heavy atom. The number of hydrogen-bond acceptors (Lipinski definition) is 4. The van der Waals surface area contributed by atoms with Gasteiger partial charge in [-0.3, -0.25) is 14.8 Å². The van der Waals surface area contributed by atoms with Crippen LogP contribution in [-0.4, -0.2) is 25.9 Å². The maximum atomic E-state index is 11.0. The lowest BCUT2D eigenvalue weighted by atomic mass is 10.1. The van der Waals surface area contributed by atoms with Crippen LogP contribution in [0.2, 0.25) is 0 Å². The molecule has 0 aromatic carbocycles. The number of nitro groups is 1. The van der Waals surface area contributed by atoms with Crippen molar-refractivity contribution in [1.82, 2.24) is 9.78 Å². The number of hydrogen-bond donors (Lipinski definition) is 1. The summed E-state index contributed by atoms with van der Waals surface area (Å²) in [5.74, 6) is 0.